The molecule has 142 valence electrons. The summed E-state index contributed by atoms with van der Waals surface area (Å²) >= 11 is 0. The maximum Gasteiger partial charge on any atom is 0.274 e. The van der Waals surface area contributed by atoms with Crippen molar-refractivity contribution in [1.82, 2.24) is 24.7 Å². The summed E-state index contributed by atoms with van der Waals surface area (Å²) in [5, 5.41) is 0. The maximum absolute atomic E-state index is 13.0. The zero-order valence-corrected chi connectivity index (χ0v) is 15.9. The average molecular weight is 359 g/mol. The lowest BCUT2D eigenvalue weighted by atomic mass is 10.1. The van der Waals surface area contributed by atoms with E-state index >= 15 is 0 Å². The molecule has 0 bridgehead atoms. The normalized spacial score (nSPS) is 20.7. The van der Waals surface area contributed by atoms with Gasteiger partial charge in [-0.25, -0.2) is 9.97 Å². The van der Waals surface area contributed by atoms with Crippen molar-refractivity contribution in [2.24, 2.45) is 0 Å². The van der Waals surface area contributed by atoms with Crippen molar-refractivity contribution in [2.75, 3.05) is 39.3 Å². The Morgan fingerprint density at radius 3 is 2.12 bits per heavy atom. The Balaban J connectivity index is 1.75. The second kappa shape index (κ2) is 8.58. The van der Waals surface area contributed by atoms with Crippen LogP contribution < -0.4 is 0 Å². The number of aromatic nitrogens is 2. The minimum atomic E-state index is -0.173. The molecular formula is C19H29N5O2. The Bertz CT molecular complexity index is 641. The summed E-state index contributed by atoms with van der Waals surface area (Å²) in [6, 6.07) is 0.381. The highest BCUT2D eigenvalue weighted by Gasteiger charge is 2.33. The molecule has 0 aliphatic carbocycles. The summed E-state index contributed by atoms with van der Waals surface area (Å²) < 4.78 is 0. The predicted octanol–water partition coefficient (Wildman–Crippen LogP) is 1.66. The van der Waals surface area contributed by atoms with Crippen LogP contribution in [-0.2, 0) is 0 Å². The molecule has 0 radical (unpaired) electrons. The number of piperidine rings is 1. The Labute approximate surface area is 155 Å². The molecule has 0 unspecified atom stereocenters. The molecule has 0 saturated carbocycles. The summed E-state index contributed by atoms with van der Waals surface area (Å²) in [4.78, 5) is 40.3. The van der Waals surface area contributed by atoms with Gasteiger partial charge in [0, 0.05) is 44.6 Å². The van der Waals surface area contributed by atoms with Crippen LogP contribution in [0.1, 0.15) is 60.5 Å². The molecule has 2 amide bonds. The second-order valence-corrected chi connectivity index (χ2v) is 7.02. The van der Waals surface area contributed by atoms with Crippen molar-refractivity contribution >= 4 is 11.8 Å². The van der Waals surface area contributed by atoms with Gasteiger partial charge in [0.1, 0.15) is 0 Å². The molecule has 1 aromatic heterocycles. The Hall–Kier alpha value is -2.02. The van der Waals surface area contributed by atoms with E-state index in [2.05, 4.69) is 28.7 Å². The van der Waals surface area contributed by atoms with Gasteiger partial charge in [0.2, 0.25) is 0 Å². The fourth-order valence-corrected chi connectivity index (χ4v) is 4.01. The fraction of sp³-hybridized carbons (Fsp3) is 0.684. The van der Waals surface area contributed by atoms with Gasteiger partial charge in [0.15, 0.2) is 11.4 Å². The first-order valence-electron chi connectivity index (χ1n) is 9.79. The molecule has 3 heterocycles. The predicted molar refractivity (Wildman–Crippen MR) is 99.0 cm³/mol. The van der Waals surface area contributed by atoms with E-state index < -0.39 is 0 Å². The van der Waals surface area contributed by atoms with E-state index in [-0.39, 0.29) is 23.2 Å². The van der Waals surface area contributed by atoms with Gasteiger partial charge in [-0.2, -0.15) is 0 Å². The lowest BCUT2D eigenvalue weighted by Gasteiger charge is -2.27. The van der Waals surface area contributed by atoms with Crippen LogP contribution in [0.5, 0.6) is 0 Å². The van der Waals surface area contributed by atoms with Crippen LogP contribution >= 0.6 is 0 Å². The largest absolute Gasteiger partial charge is 0.337 e. The number of hydrogen-bond acceptors (Lipinski definition) is 5. The molecule has 26 heavy (non-hydrogen) atoms. The summed E-state index contributed by atoms with van der Waals surface area (Å²) in [5.74, 6) is -0.339. The number of likely N-dealkylation sites (N-methyl/N-ethyl adjacent to an activating group) is 1. The molecule has 2 aliphatic rings. The van der Waals surface area contributed by atoms with Gasteiger partial charge < -0.3 is 9.80 Å². The zero-order chi connectivity index (χ0) is 18.5. The van der Waals surface area contributed by atoms with Gasteiger partial charge in [0.25, 0.3) is 11.8 Å². The number of carbonyl (C=O) groups is 2. The van der Waals surface area contributed by atoms with Crippen molar-refractivity contribution in [2.45, 2.75) is 45.6 Å². The number of hydrogen-bond donors (Lipinski definition) is 0. The second-order valence-electron chi connectivity index (χ2n) is 7.02. The van der Waals surface area contributed by atoms with Gasteiger partial charge in [-0.1, -0.05) is 13.8 Å². The molecule has 1 atom stereocenters. The first kappa shape index (κ1) is 18.8. The third kappa shape index (κ3) is 3.87. The van der Waals surface area contributed by atoms with Crippen molar-refractivity contribution in [3.8, 4) is 0 Å². The lowest BCUT2D eigenvalue weighted by Crippen LogP contribution is -2.40. The van der Waals surface area contributed by atoms with Crippen LogP contribution in [0.3, 0.4) is 0 Å². The Morgan fingerprint density at radius 1 is 0.962 bits per heavy atom. The molecule has 0 N–H and O–H groups in total. The monoisotopic (exact) mass is 359 g/mol. The highest BCUT2D eigenvalue weighted by molar-refractivity contribution is 6.04. The van der Waals surface area contributed by atoms with Crippen LogP contribution in [0, 0.1) is 0 Å². The highest BCUT2D eigenvalue weighted by atomic mass is 16.2. The van der Waals surface area contributed by atoms with Gasteiger partial charge in [-0.05, 0) is 38.8 Å². The third-order valence-electron chi connectivity index (χ3n) is 5.53. The topological polar surface area (TPSA) is 69.6 Å². The fourth-order valence-electron chi connectivity index (χ4n) is 4.01. The Morgan fingerprint density at radius 2 is 1.54 bits per heavy atom. The van der Waals surface area contributed by atoms with E-state index in [1.807, 2.05) is 4.90 Å². The number of amides is 2. The maximum atomic E-state index is 13.0. The van der Waals surface area contributed by atoms with E-state index in [1.165, 1.54) is 12.4 Å². The van der Waals surface area contributed by atoms with Crippen LogP contribution in [0.2, 0.25) is 0 Å². The molecule has 7 nitrogen and oxygen atoms in total. The molecule has 2 aliphatic heterocycles. The lowest BCUT2D eigenvalue weighted by molar-refractivity contribution is 0.0694. The quantitative estimate of drug-likeness (QED) is 0.800. The van der Waals surface area contributed by atoms with Crippen molar-refractivity contribution in [1.29, 1.82) is 0 Å². The smallest absolute Gasteiger partial charge is 0.274 e. The molecule has 7 heteroatoms. The van der Waals surface area contributed by atoms with E-state index in [9.17, 15) is 9.59 Å². The molecule has 2 fully saturated rings. The molecule has 0 spiro atoms. The zero-order valence-electron chi connectivity index (χ0n) is 15.9. The summed E-state index contributed by atoms with van der Waals surface area (Å²) in [6.07, 6.45) is 7.12. The molecule has 2 saturated heterocycles. The van der Waals surface area contributed by atoms with Crippen LogP contribution in [-0.4, -0.2) is 81.8 Å². The van der Waals surface area contributed by atoms with Gasteiger partial charge in [0.05, 0.1) is 0 Å². The van der Waals surface area contributed by atoms with Gasteiger partial charge in [-0.15, -0.1) is 0 Å². The van der Waals surface area contributed by atoms with Crippen LogP contribution in [0.4, 0.5) is 0 Å². The third-order valence-corrected chi connectivity index (χ3v) is 5.53. The number of rotatable bonds is 5. The minimum Gasteiger partial charge on any atom is -0.337 e. The number of likely N-dealkylation sites (tertiary alicyclic amines) is 2. The SMILES string of the molecule is CCN(CC)[C@@H]1CCN(C(=O)c2nccnc2C(=O)N2CCCCC2)C1. The number of carbonyl (C=O) groups excluding carboxylic acids is 2. The molecule has 1 aromatic rings. The first-order chi connectivity index (χ1) is 12.7. The van der Waals surface area contributed by atoms with E-state index in [0.717, 1.165) is 51.9 Å². The minimum absolute atomic E-state index is 0.166. The molecular weight excluding hydrogens is 330 g/mol. The van der Waals surface area contributed by atoms with E-state index in [4.69, 9.17) is 0 Å². The summed E-state index contributed by atoms with van der Waals surface area (Å²) in [5.41, 5.74) is 0.397. The van der Waals surface area contributed by atoms with Crippen molar-refractivity contribution < 1.29 is 9.59 Å². The average Bonchev–Trinajstić information content (AvgIpc) is 3.18. The molecule has 0 aromatic carbocycles. The van der Waals surface area contributed by atoms with E-state index in [0.29, 0.717) is 19.1 Å². The molecule has 3 rings (SSSR count). The Kier molecular flexibility index (Phi) is 6.19. The summed E-state index contributed by atoms with van der Waals surface area (Å²) in [6.45, 7) is 9.11. The van der Waals surface area contributed by atoms with Crippen LogP contribution in [0.15, 0.2) is 12.4 Å². The van der Waals surface area contributed by atoms with Gasteiger partial charge in [-0.3, -0.25) is 14.5 Å². The van der Waals surface area contributed by atoms with Crippen molar-refractivity contribution in [3.63, 3.8) is 0 Å². The van der Waals surface area contributed by atoms with Gasteiger partial charge >= 0.3 is 0 Å². The number of nitrogens with zero attached hydrogens (tertiary/aromatic N) is 5. The highest BCUT2D eigenvalue weighted by Crippen LogP contribution is 2.20. The van der Waals surface area contributed by atoms with E-state index in [1.54, 1.807) is 4.90 Å². The summed E-state index contributed by atoms with van der Waals surface area (Å²) in [7, 11) is 0. The first-order valence-corrected chi connectivity index (χ1v) is 9.79. The standard InChI is InChI=1S/C19H29N5O2/c1-3-22(4-2)15-8-13-24(14-15)19(26)17-16(20-9-10-21-17)18(25)23-11-6-5-7-12-23/h9-10,15H,3-8,11-14H2,1-2H3/t15-/m1/s1. The van der Waals surface area contributed by atoms with Crippen molar-refractivity contribution in [3.05, 3.63) is 23.8 Å². The van der Waals surface area contributed by atoms with Crippen LogP contribution in [0.25, 0.3) is 0 Å².